The molecule has 1 N–H and O–H groups in total. The van der Waals surface area contributed by atoms with Crippen molar-refractivity contribution in [1.82, 2.24) is 5.32 Å². The van der Waals surface area contributed by atoms with E-state index in [-0.39, 0.29) is 17.2 Å². The van der Waals surface area contributed by atoms with Crippen LogP contribution in [0.15, 0.2) is 46.8 Å². The summed E-state index contributed by atoms with van der Waals surface area (Å²) in [5.74, 6) is -0.0210. The second-order valence-corrected chi connectivity index (χ2v) is 10.0. The molecular weight excluding hydrogens is 414 g/mol. The molecule has 1 aromatic carbocycles. The summed E-state index contributed by atoms with van der Waals surface area (Å²) in [5.41, 5.74) is 3.62. The van der Waals surface area contributed by atoms with Gasteiger partial charge in [-0.2, -0.15) is 0 Å². The first-order chi connectivity index (χ1) is 15.8. The Morgan fingerprint density at radius 3 is 2.52 bits per heavy atom. The van der Waals surface area contributed by atoms with Crippen LogP contribution in [-0.2, 0) is 14.3 Å². The van der Waals surface area contributed by atoms with Crippen molar-refractivity contribution in [3.8, 4) is 5.75 Å². The summed E-state index contributed by atoms with van der Waals surface area (Å²) in [7, 11) is 0. The van der Waals surface area contributed by atoms with Crippen molar-refractivity contribution in [2.75, 3.05) is 13.2 Å². The zero-order valence-electron chi connectivity index (χ0n) is 20.9. The summed E-state index contributed by atoms with van der Waals surface area (Å²) in [5, 5.41) is 3.41. The molecule has 1 heterocycles. The highest BCUT2D eigenvalue weighted by atomic mass is 16.5. The van der Waals surface area contributed by atoms with Crippen LogP contribution in [0, 0.1) is 5.41 Å². The van der Waals surface area contributed by atoms with Gasteiger partial charge >= 0.3 is 5.97 Å². The lowest BCUT2D eigenvalue weighted by Gasteiger charge is -2.39. The number of benzene rings is 1. The summed E-state index contributed by atoms with van der Waals surface area (Å²) in [4.78, 5) is 26.8. The van der Waals surface area contributed by atoms with Crippen LogP contribution in [0.2, 0.25) is 0 Å². The van der Waals surface area contributed by atoms with Gasteiger partial charge in [0.1, 0.15) is 5.75 Å². The second-order valence-electron chi connectivity index (χ2n) is 10.0. The number of dihydropyridines is 1. The fourth-order valence-corrected chi connectivity index (χ4v) is 4.79. The normalized spacial score (nSPS) is 19.8. The zero-order valence-corrected chi connectivity index (χ0v) is 20.9. The van der Waals surface area contributed by atoms with Gasteiger partial charge in [-0.15, -0.1) is 0 Å². The molecule has 0 aromatic heterocycles. The maximum absolute atomic E-state index is 13.5. The monoisotopic (exact) mass is 453 g/mol. The third kappa shape index (κ3) is 5.87. The molecule has 0 bridgehead atoms. The molecule has 3 rings (SSSR count). The minimum Gasteiger partial charge on any atom is -0.493 e. The number of hydrogen-bond acceptors (Lipinski definition) is 5. The summed E-state index contributed by atoms with van der Waals surface area (Å²) in [6.07, 6.45) is 6.12. The molecule has 33 heavy (non-hydrogen) atoms. The van der Waals surface area contributed by atoms with Gasteiger partial charge in [0.05, 0.1) is 24.7 Å². The smallest absolute Gasteiger partial charge is 0.336 e. The molecule has 1 aromatic rings. The summed E-state index contributed by atoms with van der Waals surface area (Å²) < 4.78 is 11.8. The van der Waals surface area contributed by atoms with Crippen LogP contribution in [0.3, 0.4) is 0 Å². The highest BCUT2D eigenvalue weighted by Crippen LogP contribution is 2.48. The fraction of sp³-hybridized carbons (Fsp3) is 0.571. The van der Waals surface area contributed by atoms with Gasteiger partial charge in [0.15, 0.2) is 5.78 Å². The van der Waals surface area contributed by atoms with Crippen LogP contribution < -0.4 is 10.1 Å². The third-order valence-electron chi connectivity index (χ3n) is 6.43. The van der Waals surface area contributed by atoms with Gasteiger partial charge in [0.25, 0.3) is 0 Å². The fourth-order valence-electron chi connectivity index (χ4n) is 4.79. The van der Waals surface area contributed by atoms with E-state index in [0.717, 1.165) is 61.2 Å². The number of rotatable bonds is 10. The average Bonchev–Trinajstić information content (AvgIpc) is 2.75. The summed E-state index contributed by atoms with van der Waals surface area (Å²) in [6.45, 7) is 11.4. The Morgan fingerprint density at radius 1 is 1.06 bits per heavy atom. The van der Waals surface area contributed by atoms with E-state index in [9.17, 15) is 9.59 Å². The van der Waals surface area contributed by atoms with Gasteiger partial charge in [-0.25, -0.2) is 4.79 Å². The lowest BCUT2D eigenvalue weighted by molar-refractivity contribution is -0.139. The molecule has 1 aliphatic heterocycles. The van der Waals surface area contributed by atoms with Gasteiger partial charge in [0.2, 0.25) is 0 Å². The second kappa shape index (κ2) is 11.0. The van der Waals surface area contributed by atoms with Gasteiger partial charge in [-0.1, -0.05) is 65.2 Å². The van der Waals surface area contributed by atoms with Crippen molar-refractivity contribution in [3.63, 3.8) is 0 Å². The average molecular weight is 454 g/mol. The predicted octanol–water partition coefficient (Wildman–Crippen LogP) is 6.20. The molecule has 180 valence electrons. The van der Waals surface area contributed by atoms with Crippen molar-refractivity contribution in [1.29, 1.82) is 0 Å². The van der Waals surface area contributed by atoms with Crippen LogP contribution in [0.25, 0.3) is 0 Å². The number of ketones is 1. The lowest BCUT2D eigenvalue weighted by atomic mass is 9.68. The Morgan fingerprint density at radius 2 is 1.79 bits per heavy atom. The van der Waals surface area contributed by atoms with Crippen LogP contribution in [0.4, 0.5) is 0 Å². The first-order valence-electron chi connectivity index (χ1n) is 12.4. The molecule has 0 saturated heterocycles. The number of carbonyl (C=O) groups excluding carboxylic acids is 2. The number of para-hydroxylation sites is 1. The number of unbranched alkanes of at least 4 members (excludes halogenated alkanes) is 3. The molecule has 0 saturated carbocycles. The van der Waals surface area contributed by atoms with E-state index in [1.54, 1.807) is 0 Å². The number of nitrogens with one attached hydrogen (secondary N) is 1. The van der Waals surface area contributed by atoms with E-state index in [1.807, 2.05) is 31.2 Å². The molecular formula is C28H39NO4. The lowest BCUT2D eigenvalue weighted by Crippen LogP contribution is -2.38. The maximum atomic E-state index is 13.5. The molecule has 0 radical (unpaired) electrons. The van der Waals surface area contributed by atoms with E-state index in [0.29, 0.717) is 30.8 Å². The molecule has 5 heteroatoms. The molecule has 2 aliphatic rings. The topological polar surface area (TPSA) is 64.6 Å². The standard InChI is InChI=1S/C28H39NO4/c1-6-8-12-16-33-27(31)24-19(3)29-21-17-28(4,5)18-22(30)26(21)25(24)20-13-10-11-14-23(20)32-15-9-7-2/h10-11,13-14,25,29H,6-9,12,15-18H2,1-5H3. The largest absolute Gasteiger partial charge is 0.493 e. The van der Waals surface area contributed by atoms with E-state index in [4.69, 9.17) is 9.47 Å². The minimum atomic E-state index is -0.485. The maximum Gasteiger partial charge on any atom is 0.336 e. The third-order valence-corrected chi connectivity index (χ3v) is 6.43. The number of carbonyl (C=O) groups is 2. The number of esters is 1. The Balaban J connectivity index is 2.05. The van der Waals surface area contributed by atoms with Gasteiger partial charge in [-0.3, -0.25) is 4.79 Å². The SMILES string of the molecule is CCCCCOC(=O)C1=C(C)NC2=C(C(=O)CC(C)(C)C2)C1c1ccccc1OCCCC. The van der Waals surface area contributed by atoms with Gasteiger partial charge in [0, 0.05) is 29.0 Å². The highest BCUT2D eigenvalue weighted by Gasteiger charge is 2.44. The van der Waals surface area contributed by atoms with Crippen LogP contribution in [0.1, 0.15) is 91.0 Å². The molecule has 0 spiro atoms. The number of Topliss-reactive ketones (excluding diaryl/α,β-unsaturated/α-hetero) is 1. The molecule has 5 nitrogen and oxygen atoms in total. The van der Waals surface area contributed by atoms with Crippen LogP contribution in [0.5, 0.6) is 5.75 Å². The summed E-state index contributed by atoms with van der Waals surface area (Å²) in [6, 6.07) is 7.80. The van der Waals surface area contributed by atoms with E-state index in [2.05, 4.69) is 33.0 Å². The molecule has 0 fully saturated rings. The van der Waals surface area contributed by atoms with E-state index < -0.39 is 5.92 Å². The zero-order chi connectivity index (χ0) is 24.0. The van der Waals surface area contributed by atoms with Crippen molar-refractivity contribution in [2.24, 2.45) is 5.41 Å². The number of hydrogen-bond donors (Lipinski definition) is 1. The van der Waals surface area contributed by atoms with Crippen molar-refractivity contribution in [3.05, 3.63) is 52.4 Å². The van der Waals surface area contributed by atoms with Crippen molar-refractivity contribution < 1.29 is 19.1 Å². The molecule has 0 amide bonds. The van der Waals surface area contributed by atoms with Crippen LogP contribution in [-0.4, -0.2) is 25.0 Å². The highest BCUT2D eigenvalue weighted by molar-refractivity contribution is 6.04. The van der Waals surface area contributed by atoms with Crippen LogP contribution >= 0.6 is 0 Å². The Hall–Kier alpha value is -2.56. The minimum absolute atomic E-state index is 0.0888. The Bertz CT molecular complexity index is 941. The van der Waals surface area contributed by atoms with Gasteiger partial charge in [-0.05, 0) is 37.7 Å². The Labute approximate surface area is 198 Å². The number of ether oxygens (including phenoxy) is 2. The quantitative estimate of drug-likeness (QED) is 0.337. The summed E-state index contributed by atoms with van der Waals surface area (Å²) >= 11 is 0. The van der Waals surface area contributed by atoms with E-state index in [1.165, 1.54) is 0 Å². The molecule has 1 atom stereocenters. The first kappa shape index (κ1) is 25.1. The Kier molecular flexibility index (Phi) is 8.39. The van der Waals surface area contributed by atoms with Gasteiger partial charge < -0.3 is 14.8 Å². The van der Waals surface area contributed by atoms with E-state index >= 15 is 0 Å². The first-order valence-corrected chi connectivity index (χ1v) is 12.4. The number of allylic oxidation sites excluding steroid dienone is 3. The molecule has 1 unspecified atom stereocenters. The van der Waals surface area contributed by atoms with Crippen molar-refractivity contribution >= 4 is 11.8 Å². The molecule has 1 aliphatic carbocycles. The van der Waals surface area contributed by atoms with Crippen molar-refractivity contribution in [2.45, 2.75) is 85.5 Å². The predicted molar refractivity (Wildman–Crippen MR) is 131 cm³/mol.